The fourth-order valence-electron chi connectivity index (χ4n) is 3.92. The molecule has 5 N–H and O–H groups in total. The van der Waals surface area contributed by atoms with E-state index in [2.05, 4.69) is 59.3 Å². The third kappa shape index (κ3) is 6.88. The average Bonchev–Trinajstić information content (AvgIpc) is 2.89. The second kappa shape index (κ2) is 11.9. The maximum Gasteiger partial charge on any atom is 0.326 e. The molecule has 1 aliphatic rings. The van der Waals surface area contributed by atoms with Gasteiger partial charge in [0.05, 0.1) is 11.6 Å². The normalized spacial score (nSPS) is 14.4. The van der Waals surface area contributed by atoms with Gasteiger partial charge in [0.1, 0.15) is 6.04 Å². The standard InChI is InChI=1S/C25H29N9O2/c1-27-23-31-24(29-20-4-2-3-19(13-20)16-34-11-9-28-10-12-34)33-25(32-23)30-21(22(35)36)14-17-5-7-18(15-26)8-6-17/h2-8,13,21,28H,9-12,14,16H2,1H3,(H,35,36)(H3,27,29,30,31,32,33)/t21-/m0/s1. The van der Waals surface area contributed by atoms with Crippen LogP contribution in [-0.2, 0) is 17.8 Å². The van der Waals surface area contributed by atoms with Crippen LogP contribution in [0.4, 0.5) is 23.5 Å². The molecule has 2 aromatic carbocycles. The van der Waals surface area contributed by atoms with Gasteiger partial charge in [-0.3, -0.25) is 4.90 Å². The summed E-state index contributed by atoms with van der Waals surface area (Å²) in [5.41, 5.74) is 3.30. The number of aromatic nitrogens is 3. The Morgan fingerprint density at radius 2 is 1.81 bits per heavy atom. The molecule has 1 aromatic heterocycles. The molecule has 0 radical (unpaired) electrons. The Labute approximate surface area is 209 Å². The maximum absolute atomic E-state index is 11.9. The molecule has 3 aromatic rings. The fraction of sp³-hybridized carbons (Fsp3) is 0.320. The Bertz CT molecular complexity index is 1220. The number of nitrogens with zero attached hydrogens (tertiary/aromatic N) is 5. The van der Waals surface area contributed by atoms with E-state index in [9.17, 15) is 9.90 Å². The van der Waals surface area contributed by atoms with Crippen molar-refractivity contribution < 1.29 is 9.90 Å². The van der Waals surface area contributed by atoms with Gasteiger partial charge >= 0.3 is 5.97 Å². The van der Waals surface area contributed by atoms with Crippen molar-refractivity contribution in [3.8, 4) is 6.07 Å². The van der Waals surface area contributed by atoms with E-state index in [-0.39, 0.29) is 12.4 Å². The lowest BCUT2D eigenvalue weighted by Gasteiger charge is -2.27. The fourth-order valence-corrected chi connectivity index (χ4v) is 3.92. The topological polar surface area (TPSA) is 151 Å². The first-order chi connectivity index (χ1) is 17.5. The predicted octanol–water partition coefficient (Wildman–Crippen LogP) is 2.04. The highest BCUT2D eigenvalue weighted by atomic mass is 16.4. The van der Waals surface area contributed by atoms with Gasteiger partial charge in [-0.1, -0.05) is 24.3 Å². The van der Waals surface area contributed by atoms with Gasteiger partial charge in [0.2, 0.25) is 17.8 Å². The van der Waals surface area contributed by atoms with Gasteiger partial charge in [-0.25, -0.2) is 4.79 Å². The third-order valence-corrected chi connectivity index (χ3v) is 5.78. The highest BCUT2D eigenvalue weighted by molar-refractivity contribution is 5.77. The molecule has 1 saturated heterocycles. The number of hydrogen-bond acceptors (Lipinski definition) is 10. The summed E-state index contributed by atoms with van der Waals surface area (Å²) < 4.78 is 0. The van der Waals surface area contributed by atoms with E-state index in [1.165, 1.54) is 5.56 Å². The smallest absolute Gasteiger partial charge is 0.326 e. The summed E-state index contributed by atoms with van der Waals surface area (Å²) >= 11 is 0. The number of carboxylic acids is 1. The Kier molecular flexibility index (Phi) is 8.23. The minimum atomic E-state index is -1.04. The molecular weight excluding hydrogens is 458 g/mol. The van der Waals surface area contributed by atoms with E-state index >= 15 is 0 Å². The molecule has 0 spiro atoms. The monoisotopic (exact) mass is 487 g/mol. The molecule has 0 aliphatic carbocycles. The number of benzene rings is 2. The van der Waals surface area contributed by atoms with Crippen LogP contribution in [0, 0.1) is 11.3 Å². The van der Waals surface area contributed by atoms with Gasteiger partial charge in [-0.2, -0.15) is 20.2 Å². The van der Waals surface area contributed by atoms with Gasteiger partial charge in [-0.05, 0) is 35.4 Å². The van der Waals surface area contributed by atoms with E-state index in [1.807, 2.05) is 12.1 Å². The van der Waals surface area contributed by atoms with E-state index in [1.54, 1.807) is 31.3 Å². The first-order valence-corrected chi connectivity index (χ1v) is 11.7. The summed E-state index contributed by atoms with van der Waals surface area (Å²) in [5.74, 6) is -0.316. The van der Waals surface area contributed by atoms with Crippen molar-refractivity contribution in [1.29, 1.82) is 5.26 Å². The lowest BCUT2D eigenvalue weighted by Crippen LogP contribution is -2.42. The zero-order valence-electron chi connectivity index (χ0n) is 20.0. The number of carboxylic acid groups (broad SMARTS) is 1. The van der Waals surface area contributed by atoms with Crippen LogP contribution >= 0.6 is 0 Å². The molecule has 1 aliphatic heterocycles. The van der Waals surface area contributed by atoms with Gasteiger partial charge in [-0.15, -0.1) is 0 Å². The van der Waals surface area contributed by atoms with Crippen LogP contribution in [0.5, 0.6) is 0 Å². The molecule has 2 heterocycles. The molecule has 0 amide bonds. The van der Waals surface area contributed by atoms with E-state index in [0.29, 0.717) is 17.5 Å². The molecule has 0 saturated carbocycles. The first-order valence-electron chi connectivity index (χ1n) is 11.7. The number of hydrogen-bond donors (Lipinski definition) is 5. The summed E-state index contributed by atoms with van der Waals surface area (Å²) in [4.78, 5) is 27.4. The van der Waals surface area contributed by atoms with Crippen LogP contribution in [0.2, 0.25) is 0 Å². The summed E-state index contributed by atoms with van der Waals surface area (Å²) in [6.45, 7) is 4.87. The van der Waals surface area contributed by atoms with Gasteiger partial charge in [0.15, 0.2) is 0 Å². The Morgan fingerprint density at radius 3 is 2.50 bits per heavy atom. The first kappa shape index (κ1) is 24.8. The summed E-state index contributed by atoms with van der Waals surface area (Å²) in [6.07, 6.45) is 0.193. The molecule has 1 fully saturated rings. The molecular formula is C25H29N9O2. The molecule has 4 rings (SSSR count). The van der Waals surface area contributed by atoms with Crippen molar-refractivity contribution in [2.75, 3.05) is 49.2 Å². The van der Waals surface area contributed by atoms with E-state index in [0.717, 1.165) is 44.0 Å². The molecule has 186 valence electrons. The average molecular weight is 488 g/mol. The lowest BCUT2D eigenvalue weighted by atomic mass is 10.0. The van der Waals surface area contributed by atoms with Crippen molar-refractivity contribution in [1.82, 2.24) is 25.2 Å². The van der Waals surface area contributed by atoms with Crippen LogP contribution in [0.25, 0.3) is 0 Å². The highest BCUT2D eigenvalue weighted by Crippen LogP contribution is 2.19. The number of rotatable bonds is 10. The number of nitriles is 1. The largest absolute Gasteiger partial charge is 0.480 e. The van der Waals surface area contributed by atoms with Crippen LogP contribution in [0.15, 0.2) is 48.5 Å². The predicted molar refractivity (Wildman–Crippen MR) is 137 cm³/mol. The molecule has 0 unspecified atom stereocenters. The Hall–Kier alpha value is -4.27. The second-order valence-corrected chi connectivity index (χ2v) is 8.46. The van der Waals surface area contributed by atoms with Crippen molar-refractivity contribution in [3.63, 3.8) is 0 Å². The lowest BCUT2D eigenvalue weighted by molar-refractivity contribution is -0.137. The van der Waals surface area contributed by atoms with Gasteiger partial charge in [0.25, 0.3) is 0 Å². The van der Waals surface area contributed by atoms with E-state index in [4.69, 9.17) is 5.26 Å². The Morgan fingerprint density at radius 1 is 1.08 bits per heavy atom. The van der Waals surface area contributed by atoms with Crippen LogP contribution < -0.4 is 21.3 Å². The number of anilines is 4. The minimum absolute atomic E-state index is 0.134. The van der Waals surface area contributed by atoms with Crippen LogP contribution in [-0.4, -0.2) is 70.2 Å². The zero-order valence-corrected chi connectivity index (χ0v) is 20.0. The SMILES string of the molecule is CNc1nc(Nc2cccc(CN3CCNCC3)c2)nc(N[C@@H](Cc2ccc(C#N)cc2)C(=O)O)n1. The highest BCUT2D eigenvalue weighted by Gasteiger charge is 2.20. The van der Waals surface area contributed by atoms with Crippen molar-refractivity contribution in [3.05, 3.63) is 65.2 Å². The van der Waals surface area contributed by atoms with Crippen LogP contribution in [0.1, 0.15) is 16.7 Å². The van der Waals surface area contributed by atoms with Crippen molar-refractivity contribution in [2.45, 2.75) is 19.0 Å². The van der Waals surface area contributed by atoms with E-state index < -0.39 is 12.0 Å². The summed E-state index contributed by atoms with van der Waals surface area (Å²) in [5, 5.41) is 31.1. The third-order valence-electron chi connectivity index (χ3n) is 5.78. The molecule has 1 atom stereocenters. The van der Waals surface area contributed by atoms with Gasteiger partial charge < -0.3 is 26.4 Å². The number of nitrogens with one attached hydrogen (secondary N) is 4. The number of piperazine rings is 1. The molecule has 36 heavy (non-hydrogen) atoms. The molecule has 11 nitrogen and oxygen atoms in total. The van der Waals surface area contributed by atoms with Crippen molar-refractivity contribution in [2.24, 2.45) is 0 Å². The number of aliphatic carboxylic acids is 1. The zero-order chi connectivity index (χ0) is 25.3. The number of carbonyl (C=O) groups is 1. The maximum atomic E-state index is 11.9. The van der Waals surface area contributed by atoms with Crippen molar-refractivity contribution >= 4 is 29.5 Å². The van der Waals surface area contributed by atoms with Crippen LogP contribution in [0.3, 0.4) is 0 Å². The second-order valence-electron chi connectivity index (χ2n) is 8.46. The van der Waals surface area contributed by atoms with Gasteiger partial charge in [0, 0.05) is 51.9 Å². The Balaban J connectivity index is 1.48. The molecule has 0 bridgehead atoms. The molecule has 11 heteroatoms. The minimum Gasteiger partial charge on any atom is -0.480 e. The summed E-state index contributed by atoms with van der Waals surface area (Å²) in [6, 6.07) is 15.9. The quantitative estimate of drug-likeness (QED) is 0.286. The summed E-state index contributed by atoms with van der Waals surface area (Å²) in [7, 11) is 1.68.